The molecule has 0 aromatic heterocycles. The number of anilines is 1. The first-order chi connectivity index (χ1) is 11.5. The number of fused-ring (bicyclic) bond motifs is 1. The highest BCUT2D eigenvalue weighted by Crippen LogP contribution is 2.27. The summed E-state index contributed by atoms with van der Waals surface area (Å²) in [6, 6.07) is 12.2. The van der Waals surface area contributed by atoms with Crippen LogP contribution in [0.1, 0.15) is 29.7 Å². The van der Waals surface area contributed by atoms with E-state index >= 15 is 0 Å². The fraction of sp³-hybridized carbons (Fsp3) is 0.316. The van der Waals surface area contributed by atoms with Gasteiger partial charge in [0.25, 0.3) is 0 Å². The molecule has 0 bridgehead atoms. The summed E-state index contributed by atoms with van der Waals surface area (Å²) in [6.07, 6.45) is -0.0678. The highest BCUT2D eigenvalue weighted by atomic mass is 19.1. The van der Waals surface area contributed by atoms with Crippen molar-refractivity contribution < 1.29 is 14.3 Å². The van der Waals surface area contributed by atoms with Crippen LogP contribution in [-0.4, -0.2) is 29.0 Å². The first-order valence-electron chi connectivity index (χ1n) is 8.08. The lowest BCUT2D eigenvalue weighted by atomic mass is 9.97. The van der Waals surface area contributed by atoms with E-state index in [1.54, 1.807) is 18.2 Å². The van der Waals surface area contributed by atoms with Crippen molar-refractivity contribution in [2.75, 3.05) is 18.4 Å². The topological polar surface area (TPSA) is 52.6 Å². The van der Waals surface area contributed by atoms with E-state index in [1.165, 1.54) is 13.0 Å². The molecule has 1 heterocycles. The van der Waals surface area contributed by atoms with Crippen LogP contribution in [0.5, 0.6) is 0 Å². The largest absolute Gasteiger partial charge is 0.387 e. The van der Waals surface area contributed by atoms with Gasteiger partial charge in [0.05, 0.1) is 6.10 Å². The third-order valence-electron chi connectivity index (χ3n) is 4.35. The second-order valence-electron chi connectivity index (χ2n) is 6.15. The average Bonchev–Trinajstić information content (AvgIpc) is 2.54. The van der Waals surface area contributed by atoms with E-state index < -0.39 is 6.10 Å². The summed E-state index contributed by atoms with van der Waals surface area (Å²) in [4.78, 5) is 13.4. The van der Waals surface area contributed by atoms with Gasteiger partial charge in [0, 0.05) is 37.8 Å². The van der Waals surface area contributed by atoms with Gasteiger partial charge >= 0.3 is 0 Å². The summed E-state index contributed by atoms with van der Waals surface area (Å²) < 4.78 is 13.8. The Morgan fingerprint density at radius 2 is 2.08 bits per heavy atom. The molecule has 3 rings (SSSR count). The van der Waals surface area contributed by atoms with Gasteiger partial charge in [-0.2, -0.15) is 0 Å². The Labute approximate surface area is 140 Å². The van der Waals surface area contributed by atoms with Crippen molar-refractivity contribution in [2.45, 2.75) is 26.0 Å². The molecule has 1 aliphatic heterocycles. The molecule has 1 aliphatic rings. The third kappa shape index (κ3) is 3.63. The number of rotatable bonds is 4. The van der Waals surface area contributed by atoms with Crippen LogP contribution in [0.25, 0.3) is 0 Å². The Hall–Kier alpha value is -2.24. The summed E-state index contributed by atoms with van der Waals surface area (Å²) in [5.41, 5.74) is 3.46. The fourth-order valence-corrected chi connectivity index (χ4v) is 3.22. The predicted octanol–water partition coefficient (Wildman–Crippen LogP) is 2.88. The smallest absolute Gasteiger partial charge is 0.221 e. The van der Waals surface area contributed by atoms with Gasteiger partial charge in [-0.05, 0) is 29.7 Å². The molecule has 4 nitrogen and oxygen atoms in total. The maximum absolute atomic E-state index is 13.8. The summed E-state index contributed by atoms with van der Waals surface area (Å²) in [6.45, 7) is 3.31. The van der Waals surface area contributed by atoms with Crippen molar-refractivity contribution in [3.8, 4) is 0 Å². The van der Waals surface area contributed by atoms with Gasteiger partial charge in [0.1, 0.15) is 5.82 Å². The van der Waals surface area contributed by atoms with Gasteiger partial charge in [-0.25, -0.2) is 4.39 Å². The molecule has 0 fully saturated rings. The molecule has 1 unspecified atom stereocenters. The number of halogens is 1. The molecule has 1 atom stereocenters. The molecule has 24 heavy (non-hydrogen) atoms. The monoisotopic (exact) mass is 328 g/mol. The van der Waals surface area contributed by atoms with Crippen LogP contribution in [-0.2, 0) is 17.8 Å². The average molecular weight is 328 g/mol. The number of nitrogens with zero attached hydrogens (tertiary/aromatic N) is 1. The van der Waals surface area contributed by atoms with Crippen molar-refractivity contribution in [1.82, 2.24) is 4.90 Å². The number of nitrogens with one attached hydrogen (secondary N) is 1. The minimum atomic E-state index is -0.855. The minimum Gasteiger partial charge on any atom is -0.387 e. The van der Waals surface area contributed by atoms with E-state index in [0.717, 1.165) is 29.8 Å². The Morgan fingerprint density at radius 1 is 1.29 bits per heavy atom. The van der Waals surface area contributed by atoms with Gasteiger partial charge in [-0.15, -0.1) is 0 Å². The van der Waals surface area contributed by atoms with E-state index in [4.69, 9.17) is 0 Å². The Kier molecular flexibility index (Phi) is 4.92. The molecule has 126 valence electrons. The maximum Gasteiger partial charge on any atom is 0.221 e. The SMILES string of the molecule is CC(=O)Nc1cccc2c1CCN(CC(O)c1ccccc1F)C2. The lowest BCUT2D eigenvalue weighted by Crippen LogP contribution is -2.34. The number of carbonyl (C=O) groups excluding carboxylic acids is 1. The van der Waals surface area contributed by atoms with Gasteiger partial charge in [0.2, 0.25) is 5.91 Å². The highest BCUT2D eigenvalue weighted by molar-refractivity contribution is 5.89. The molecule has 5 heteroatoms. The third-order valence-corrected chi connectivity index (χ3v) is 4.35. The zero-order valence-electron chi connectivity index (χ0n) is 13.6. The number of amides is 1. The lowest BCUT2D eigenvalue weighted by Gasteiger charge is -2.31. The number of benzene rings is 2. The zero-order chi connectivity index (χ0) is 17.1. The fourth-order valence-electron chi connectivity index (χ4n) is 3.22. The first-order valence-corrected chi connectivity index (χ1v) is 8.08. The van der Waals surface area contributed by atoms with Crippen LogP contribution >= 0.6 is 0 Å². The Bertz CT molecular complexity index is 748. The predicted molar refractivity (Wildman–Crippen MR) is 91.1 cm³/mol. The Balaban J connectivity index is 1.72. The van der Waals surface area contributed by atoms with Crippen LogP contribution in [0, 0.1) is 5.82 Å². The van der Waals surface area contributed by atoms with Gasteiger partial charge in [0.15, 0.2) is 0 Å². The standard InChI is InChI=1S/C19H21FN2O2/c1-13(23)21-18-8-4-5-14-11-22(10-9-15(14)18)12-19(24)16-6-2-3-7-17(16)20/h2-8,19,24H,9-12H2,1H3,(H,21,23). The lowest BCUT2D eigenvalue weighted by molar-refractivity contribution is -0.114. The number of β-amino-alcohol motifs (C(OH)–C–C–N with tert-alkyl or cyclic N) is 1. The van der Waals surface area contributed by atoms with Gasteiger partial charge in [-0.3, -0.25) is 9.69 Å². The van der Waals surface area contributed by atoms with E-state index in [0.29, 0.717) is 18.7 Å². The van der Waals surface area contributed by atoms with Crippen molar-refractivity contribution in [3.05, 3.63) is 65.0 Å². The molecule has 0 radical (unpaired) electrons. The Morgan fingerprint density at radius 3 is 2.83 bits per heavy atom. The van der Waals surface area contributed by atoms with Gasteiger partial charge < -0.3 is 10.4 Å². The number of hydrogen-bond acceptors (Lipinski definition) is 3. The van der Waals surface area contributed by atoms with E-state index in [2.05, 4.69) is 10.2 Å². The molecule has 0 saturated heterocycles. The number of hydrogen-bond donors (Lipinski definition) is 2. The molecular formula is C19H21FN2O2. The van der Waals surface area contributed by atoms with Crippen molar-refractivity contribution in [2.24, 2.45) is 0 Å². The van der Waals surface area contributed by atoms with Crippen LogP contribution < -0.4 is 5.32 Å². The van der Waals surface area contributed by atoms with Crippen molar-refractivity contribution >= 4 is 11.6 Å². The minimum absolute atomic E-state index is 0.0826. The summed E-state index contributed by atoms with van der Waals surface area (Å²) >= 11 is 0. The number of aliphatic hydroxyl groups is 1. The number of carbonyl (C=O) groups is 1. The molecule has 2 N–H and O–H groups in total. The molecule has 1 amide bonds. The summed E-state index contributed by atoms with van der Waals surface area (Å²) in [5, 5.41) is 13.2. The molecule has 2 aromatic carbocycles. The van der Waals surface area contributed by atoms with Crippen molar-refractivity contribution in [1.29, 1.82) is 0 Å². The normalized spacial score (nSPS) is 15.6. The van der Waals surface area contributed by atoms with Crippen LogP contribution in [0.15, 0.2) is 42.5 Å². The van der Waals surface area contributed by atoms with E-state index in [-0.39, 0.29) is 11.7 Å². The number of aliphatic hydroxyl groups excluding tert-OH is 1. The highest BCUT2D eigenvalue weighted by Gasteiger charge is 2.22. The van der Waals surface area contributed by atoms with Crippen LogP contribution in [0.2, 0.25) is 0 Å². The maximum atomic E-state index is 13.8. The summed E-state index contributed by atoms with van der Waals surface area (Å²) in [5.74, 6) is -0.462. The quantitative estimate of drug-likeness (QED) is 0.907. The van der Waals surface area contributed by atoms with E-state index in [1.807, 2.05) is 18.2 Å². The molecule has 0 saturated carbocycles. The zero-order valence-corrected chi connectivity index (χ0v) is 13.6. The molecule has 0 aliphatic carbocycles. The molecular weight excluding hydrogens is 307 g/mol. The molecule has 0 spiro atoms. The first kappa shape index (κ1) is 16.6. The second kappa shape index (κ2) is 7.11. The molecule has 2 aromatic rings. The van der Waals surface area contributed by atoms with Gasteiger partial charge in [-0.1, -0.05) is 30.3 Å². The van der Waals surface area contributed by atoms with Crippen LogP contribution in [0.4, 0.5) is 10.1 Å². The van der Waals surface area contributed by atoms with E-state index in [9.17, 15) is 14.3 Å². The summed E-state index contributed by atoms with van der Waals surface area (Å²) in [7, 11) is 0. The van der Waals surface area contributed by atoms with Crippen molar-refractivity contribution in [3.63, 3.8) is 0 Å². The van der Waals surface area contributed by atoms with Crippen LogP contribution in [0.3, 0.4) is 0 Å². The second-order valence-corrected chi connectivity index (χ2v) is 6.15.